The van der Waals surface area contributed by atoms with E-state index in [2.05, 4.69) is 10.3 Å². The highest BCUT2D eigenvalue weighted by molar-refractivity contribution is 7.14. The van der Waals surface area contributed by atoms with E-state index in [1.54, 1.807) is 12.1 Å². The fourth-order valence-electron chi connectivity index (χ4n) is 2.91. The van der Waals surface area contributed by atoms with Crippen LogP contribution in [0, 0.1) is 11.7 Å². The van der Waals surface area contributed by atoms with Crippen molar-refractivity contribution < 1.29 is 9.18 Å². The van der Waals surface area contributed by atoms with Gasteiger partial charge in [0.2, 0.25) is 5.91 Å². The third-order valence-corrected chi connectivity index (χ3v) is 4.85. The molecular weight excluding hydrogens is 299 g/mol. The number of nitrogens with one attached hydrogen (secondary N) is 1. The molecule has 1 aromatic carbocycles. The van der Waals surface area contributed by atoms with E-state index in [-0.39, 0.29) is 11.7 Å². The van der Waals surface area contributed by atoms with Crippen molar-refractivity contribution in [1.82, 2.24) is 4.98 Å². The summed E-state index contributed by atoms with van der Waals surface area (Å²) in [4.78, 5) is 16.5. The zero-order valence-corrected chi connectivity index (χ0v) is 13.2. The van der Waals surface area contributed by atoms with Gasteiger partial charge in [0.05, 0.1) is 5.69 Å². The van der Waals surface area contributed by atoms with Crippen LogP contribution < -0.4 is 5.32 Å². The largest absolute Gasteiger partial charge is 0.302 e. The lowest BCUT2D eigenvalue weighted by molar-refractivity contribution is -0.117. The van der Waals surface area contributed by atoms with Crippen molar-refractivity contribution in [1.29, 1.82) is 0 Å². The molecule has 1 saturated carbocycles. The molecule has 1 N–H and O–H groups in total. The van der Waals surface area contributed by atoms with Crippen LogP contribution in [0.4, 0.5) is 9.52 Å². The van der Waals surface area contributed by atoms with Crippen molar-refractivity contribution in [2.45, 2.75) is 38.5 Å². The highest BCUT2D eigenvalue weighted by Gasteiger charge is 2.17. The van der Waals surface area contributed by atoms with Crippen molar-refractivity contribution in [3.8, 4) is 11.3 Å². The molecule has 0 aliphatic heterocycles. The van der Waals surface area contributed by atoms with Gasteiger partial charge in [0, 0.05) is 17.4 Å². The van der Waals surface area contributed by atoms with E-state index in [0.717, 1.165) is 24.1 Å². The number of aromatic nitrogens is 1. The first kappa shape index (κ1) is 15.2. The van der Waals surface area contributed by atoms with Crippen LogP contribution in [0.25, 0.3) is 11.3 Å². The molecule has 1 amide bonds. The van der Waals surface area contributed by atoms with Gasteiger partial charge in [-0.3, -0.25) is 4.79 Å². The van der Waals surface area contributed by atoms with Gasteiger partial charge < -0.3 is 5.32 Å². The van der Waals surface area contributed by atoms with Crippen LogP contribution in [0.3, 0.4) is 0 Å². The van der Waals surface area contributed by atoms with Gasteiger partial charge in [-0.15, -0.1) is 11.3 Å². The van der Waals surface area contributed by atoms with Gasteiger partial charge in [-0.05, 0) is 43.0 Å². The van der Waals surface area contributed by atoms with E-state index in [4.69, 9.17) is 0 Å². The normalized spacial score (nSPS) is 15.7. The molecule has 0 bridgehead atoms. The number of hydrogen-bond donors (Lipinski definition) is 1. The van der Waals surface area contributed by atoms with E-state index in [1.807, 2.05) is 5.38 Å². The maximum Gasteiger partial charge on any atom is 0.226 e. The molecule has 3 nitrogen and oxygen atoms in total. The Hall–Kier alpha value is -1.75. The fourth-order valence-corrected chi connectivity index (χ4v) is 3.64. The minimum atomic E-state index is -0.264. The molecule has 0 atom stereocenters. The first-order valence-electron chi connectivity index (χ1n) is 7.72. The van der Waals surface area contributed by atoms with Gasteiger partial charge in [-0.25, -0.2) is 9.37 Å². The minimum Gasteiger partial charge on any atom is -0.302 e. The molecule has 1 aromatic heterocycles. The first-order chi connectivity index (χ1) is 10.7. The Morgan fingerprint density at radius 3 is 2.68 bits per heavy atom. The highest BCUT2D eigenvalue weighted by atomic mass is 32.1. The second-order valence-corrected chi connectivity index (χ2v) is 6.66. The molecule has 0 unspecified atom stereocenters. The molecule has 0 saturated heterocycles. The molecule has 0 spiro atoms. The second kappa shape index (κ2) is 7.01. The molecule has 3 rings (SSSR count). The lowest BCUT2D eigenvalue weighted by Crippen LogP contribution is -2.18. The van der Waals surface area contributed by atoms with Gasteiger partial charge in [0.1, 0.15) is 5.82 Å². The number of thiazole rings is 1. The lowest BCUT2D eigenvalue weighted by Gasteiger charge is -2.20. The number of carbonyl (C=O) groups excluding carboxylic acids is 1. The summed E-state index contributed by atoms with van der Waals surface area (Å²) in [6.07, 6.45) is 6.68. The molecule has 22 heavy (non-hydrogen) atoms. The maximum absolute atomic E-state index is 12.9. The second-order valence-electron chi connectivity index (χ2n) is 5.80. The van der Waals surface area contributed by atoms with Crippen LogP contribution in [0.15, 0.2) is 29.6 Å². The fraction of sp³-hybridized carbons (Fsp3) is 0.412. The molecule has 5 heteroatoms. The predicted octanol–water partition coefficient (Wildman–Crippen LogP) is 4.86. The Kier molecular flexibility index (Phi) is 4.83. The van der Waals surface area contributed by atoms with E-state index in [9.17, 15) is 9.18 Å². The summed E-state index contributed by atoms with van der Waals surface area (Å²) in [5, 5.41) is 5.37. The van der Waals surface area contributed by atoms with Crippen LogP contribution in [-0.2, 0) is 4.79 Å². The Balaban J connectivity index is 1.59. The number of rotatable bonds is 4. The van der Waals surface area contributed by atoms with E-state index in [1.165, 1.54) is 42.7 Å². The van der Waals surface area contributed by atoms with Crippen molar-refractivity contribution in [2.75, 3.05) is 5.32 Å². The number of carbonyl (C=O) groups is 1. The molecule has 1 aliphatic carbocycles. The van der Waals surface area contributed by atoms with Crippen LogP contribution in [0.1, 0.15) is 38.5 Å². The van der Waals surface area contributed by atoms with Crippen LogP contribution in [0.5, 0.6) is 0 Å². The number of halogens is 1. The number of amides is 1. The Labute approximate surface area is 133 Å². The Morgan fingerprint density at radius 2 is 1.95 bits per heavy atom. The molecule has 116 valence electrons. The van der Waals surface area contributed by atoms with E-state index in [0.29, 0.717) is 17.5 Å². The number of anilines is 1. The van der Waals surface area contributed by atoms with Crippen LogP contribution in [-0.4, -0.2) is 10.9 Å². The zero-order valence-electron chi connectivity index (χ0n) is 12.3. The summed E-state index contributed by atoms with van der Waals surface area (Å²) < 4.78 is 12.9. The monoisotopic (exact) mass is 318 g/mol. The van der Waals surface area contributed by atoms with Crippen molar-refractivity contribution in [3.63, 3.8) is 0 Å². The molecule has 1 fully saturated rings. The number of hydrogen-bond acceptors (Lipinski definition) is 3. The van der Waals surface area contributed by atoms with Gasteiger partial charge in [-0.1, -0.05) is 19.3 Å². The molecule has 0 radical (unpaired) electrons. The zero-order chi connectivity index (χ0) is 15.4. The van der Waals surface area contributed by atoms with Crippen molar-refractivity contribution in [3.05, 3.63) is 35.5 Å². The molecule has 1 aliphatic rings. The highest BCUT2D eigenvalue weighted by Crippen LogP contribution is 2.28. The lowest BCUT2D eigenvalue weighted by atomic mass is 9.87. The van der Waals surface area contributed by atoms with Gasteiger partial charge in [-0.2, -0.15) is 0 Å². The number of nitrogens with zero attached hydrogens (tertiary/aromatic N) is 1. The predicted molar refractivity (Wildman–Crippen MR) is 87.3 cm³/mol. The third-order valence-electron chi connectivity index (χ3n) is 4.09. The van der Waals surface area contributed by atoms with Gasteiger partial charge in [0.15, 0.2) is 5.13 Å². The average Bonchev–Trinajstić information content (AvgIpc) is 2.97. The summed E-state index contributed by atoms with van der Waals surface area (Å²) in [5.41, 5.74) is 1.61. The molecule has 2 aromatic rings. The quantitative estimate of drug-likeness (QED) is 0.875. The Morgan fingerprint density at radius 1 is 1.23 bits per heavy atom. The standard InChI is InChI=1S/C17H19FN2OS/c18-14-8-6-13(7-9-14)15-11-22-17(19-15)20-16(21)10-12-4-2-1-3-5-12/h6-9,11-12H,1-5,10H2,(H,19,20,21). The van der Waals surface area contributed by atoms with Crippen LogP contribution >= 0.6 is 11.3 Å². The maximum atomic E-state index is 12.9. The SMILES string of the molecule is O=C(CC1CCCCC1)Nc1nc(-c2ccc(F)cc2)cs1. The van der Waals surface area contributed by atoms with Gasteiger partial charge >= 0.3 is 0 Å². The third kappa shape index (κ3) is 3.91. The summed E-state index contributed by atoms with van der Waals surface area (Å²) in [5.74, 6) is 0.303. The minimum absolute atomic E-state index is 0.0481. The van der Waals surface area contributed by atoms with E-state index < -0.39 is 0 Å². The van der Waals surface area contributed by atoms with Crippen molar-refractivity contribution >= 4 is 22.4 Å². The summed E-state index contributed by atoms with van der Waals surface area (Å²) >= 11 is 1.40. The average molecular weight is 318 g/mol. The molecular formula is C17H19FN2OS. The smallest absolute Gasteiger partial charge is 0.226 e. The molecule has 1 heterocycles. The van der Waals surface area contributed by atoms with Crippen LogP contribution in [0.2, 0.25) is 0 Å². The number of benzene rings is 1. The van der Waals surface area contributed by atoms with Crippen molar-refractivity contribution in [2.24, 2.45) is 5.92 Å². The Bertz CT molecular complexity index is 632. The van der Waals surface area contributed by atoms with E-state index >= 15 is 0 Å². The topological polar surface area (TPSA) is 42.0 Å². The summed E-state index contributed by atoms with van der Waals surface area (Å²) in [7, 11) is 0. The van der Waals surface area contributed by atoms with Gasteiger partial charge in [0.25, 0.3) is 0 Å². The first-order valence-corrected chi connectivity index (χ1v) is 8.60. The summed E-state index contributed by atoms with van der Waals surface area (Å²) in [6.45, 7) is 0. The summed E-state index contributed by atoms with van der Waals surface area (Å²) in [6, 6.07) is 6.21.